The van der Waals surface area contributed by atoms with Crippen LogP contribution in [0.15, 0.2) is 35.4 Å². The molecule has 1 aromatic carbocycles. The van der Waals surface area contributed by atoms with Crippen molar-refractivity contribution < 1.29 is 23.4 Å². The smallest absolute Gasteiger partial charge is 0.323 e. The normalized spacial score (nSPS) is 13.7. The lowest BCUT2D eigenvalue weighted by molar-refractivity contribution is -0.144. The van der Waals surface area contributed by atoms with Crippen molar-refractivity contribution in [2.45, 2.75) is 33.0 Å². The number of carbonyl (C=O) groups excluding carboxylic acids is 1. The van der Waals surface area contributed by atoms with E-state index < -0.39 is 25.1 Å². The number of rotatable bonds is 12. The van der Waals surface area contributed by atoms with Crippen molar-refractivity contribution in [2.75, 3.05) is 25.3 Å². The molecule has 0 saturated carbocycles. The maximum absolute atomic E-state index is 13.5. The van der Waals surface area contributed by atoms with Crippen LogP contribution in [-0.2, 0) is 36.5 Å². The molecule has 14 heteroatoms. The van der Waals surface area contributed by atoms with Crippen LogP contribution in [0.2, 0.25) is 0 Å². The highest BCUT2D eigenvalue weighted by atomic mass is 31.2. The molecule has 2 aromatic heterocycles. The number of nitrogens with two attached hydrogens (primary N) is 1. The Morgan fingerprint density at radius 1 is 1.37 bits per heavy atom. The zero-order chi connectivity index (χ0) is 25.4. The largest absolute Gasteiger partial charge is 0.465 e. The number of aromatic amines is 1. The molecule has 2 atom stereocenters. The van der Waals surface area contributed by atoms with Crippen LogP contribution in [0.25, 0.3) is 11.2 Å². The van der Waals surface area contributed by atoms with Crippen LogP contribution in [0, 0.1) is 11.3 Å². The Hall–Kier alpha value is -3.56. The number of ether oxygens (including phenoxy) is 2. The summed E-state index contributed by atoms with van der Waals surface area (Å²) in [5.74, 6) is -0.614. The second-order valence-electron chi connectivity index (χ2n) is 7.46. The van der Waals surface area contributed by atoms with E-state index in [1.54, 1.807) is 35.8 Å². The molecular weight excluding hydrogens is 477 g/mol. The van der Waals surface area contributed by atoms with Gasteiger partial charge in [0.2, 0.25) is 5.95 Å². The second-order valence-corrected chi connectivity index (χ2v) is 9.58. The summed E-state index contributed by atoms with van der Waals surface area (Å²) in [6.45, 7) is 3.66. The number of imidazole rings is 1. The number of H-pyrrole nitrogens is 1. The van der Waals surface area contributed by atoms with Gasteiger partial charge >= 0.3 is 5.97 Å². The monoisotopic (exact) mass is 503 g/mol. The molecule has 0 aliphatic carbocycles. The quantitative estimate of drug-likeness (QED) is 0.185. The summed E-state index contributed by atoms with van der Waals surface area (Å²) in [5.41, 5.74) is 6.76. The van der Waals surface area contributed by atoms with Gasteiger partial charge in [-0.1, -0.05) is 12.1 Å². The average molecular weight is 503 g/mol. The minimum atomic E-state index is -3.66. The minimum Gasteiger partial charge on any atom is -0.465 e. The van der Waals surface area contributed by atoms with Crippen molar-refractivity contribution in [2.24, 2.45) is 0 Å². The molecule has 0 radical (unpaired) electrons. The van der Waals surface area contributed by atoms with E-state index in [9.17, 15) is 14.2 Å². The lowest BCUT2D eigenvalue weighted by Gasteiger charge is -2.23. The van der Waals surface area contributed by atoms with Crippen LogP contribution in [0.3, 0.4) is 0 Å². The molecule has 3 aromatic rings. The molecule has 3 rings (SSSR count). The molecule has 186 valence electrons. The number of carbonyl (C=O) groups is 1. The van der Waals surface area contributed by atoms with Gasteiger partial charge in [0, 0.05) is 6.54 Å². The molecule has 13 nitrogen and oxygen atoms in total. The molecule has 4 N–H and O–H groups in total. The first-order chi connectivity index (χ1) is 16.7. The number of anilines is 1. The lowest BCUT2D eigenvalue weighted by Crippen LogP contribution is -2.34. The van der Waals surface area contributed by atoms with Gasteiger partial charge in [-0.25, -0.2) is 10.1 Å². The van der Waals surface area contributed by atoms with Crippen molar-refractivity contribution in [3.63, 3.8) is 0 Å². The fourth-order valence-corrected chi connectivity index (χ4v) is 4.71. The van der Waals surface area contributed by atoms with Crippen molar-refractivity contribution in [3.8, 4) is 6.07 Å². The molecular formula is C21H26N7O6P. The Balaban J connectivity index is 1.65. The fraction of sp³-hybridized carbons (Fsp3) is 0.381. The van der Waals surface area contributed by atoms with Crippen molar-refractivity contribution in [3.05, 3.63) is 52.1 Å². The number of nitrogens with zero attached hydrogens (tertiary/aromatic N) is 4. The van der Waals surface area contributed by atoms with E-state index in [2.05, 4.69) is 20.0 Å². The number of benzene rings is 1. The number of nitrogens with one attached hydrogen (secondary N) is 2. The van der Waals surface area contributed by atoms with E-state index in [0.717, 1.165) is 0 Å². The summed E-state index contributed by atoms with van der Waals surface area (Å²) in [6.07, 6.45) is 1.09. The van der Waals surface area contributed by atoms with E-state index in [-0.39, 0.29) is 44.2 Å². The third kappa shape index (κ3) is 6.97. The standard InChI is InChI=1S/C21H26N7O6P/c1-3-33-20(30)14(2)27-35(31,34-11-16-6-4-15(10-22)5-7-16)13-32-9-8-28-12-24-17-18(28)25-21(23)26-19(17)29/h4-7,12,14H,3,8-9,11,13H2,1-2H3,(H,27,31)(H3,23,25,26,29)/t14-,35?/m0/s1. The molecule has 0 spiro atoms. The lowest BCUT2D eigenvalue weighted by atomic mass is 10.2. The maximum atomic E-state index is 13.5. The average Bonchev–Trinajstić information content (AvgIpc) is 3.24. The van der Waals surface area contributed by atoms with Gasteiger partial charge in [0.15, 0.2) is 11.2 Å². The Kier molecular flexibility index (Phi) is 8.73. The second kappa shape index (κ2) is 11.7. The third-order valence-corrected chi connectivity index (χ3v) is 6.63. The van der Waals surface area contributed by atoms with Gasteiger partial charge in [-0.3, -0.25) is 19.1 Å². The van der Waals surface area contributed by atoms with Gasteiger partial charge in [-0.15, -0.1) is 0 Å². The Morgan fingerprint density at radius 2 is 2.11 bits per heavy atom. The molecule has 0 bridgehead atoms. The van der Waals surface area contributed by atoms with E-state index in [1.165, 1.54) is 13.3 Å². The SMILES string of the molecule is CCOC(=O)[C@H](C)NP(=O)(COCCn1cnc2c(=O)[nH]c(N)nc21)OCc1ccc(C#N)cc1. The highest BCUT2D eigenvalue weighted by Crippen LogP contribution is 2.44. The molecule has 35 heavy (non-hydrogen) atoms. The van der Waals surface area contributed by atoms with Crippen molar-refractivity contribution in [1.29, 1.82) is 5.26 Å². The van der Waals surface area contributed by atoms with Gasteiger partial charge in [0.05, 0.1) is 37.8 Å². The zero-order valence-corrected chi connectivity index (χ0v) is 20.2. The number of hydrogen-bond donors (Lipinski definition) is 3. The van der Waals surface area contributed by atoms with Crippen LogP contribution >= 0.6 is 7.52 Å². The summed E-state index contributed by atoms with van der Waals surface area (Å²) in [6, 6.07) is 7.73. The fourth-order valence-electron chi connectivity index (χ4n) is 3.06. The van der Waals surface area contributed by atoms with Gasteiger partial charge in [-0.2, -0.15) is 10.2 Å². The molecule has 0 aliphatic rings. The minimum absolute atomic E-state index is 0.0347. The van der Waals surface area contributed by atoms with E-state index in [0.29, 0.717) is 16.8 Å². The van der Waals surface area contributed by atoms with Crippen LogP contribution in [0.1, 0.15) is 25.0 Å². The first-order valence-electron chi connectivity index (χ1n) is 10.7. The molecule has 1 unspecified atom stereocenters. The topological polar surface area (TPSA) is 187 Å². The highest BCUT2D eigenvalue weighted by Gasteiger charge is 2.29. The molecule has 0 saturated heterocycles. The number of esters is 1. The van der Waals surface area contributed by atoms with Gasteiger partial charge < -0.3 is 24.3 Å². The maximum Gasteiger partial charge on any atom is 0.323 e. The Morgan fingerprint density at radius 3 is 2.80 bits per heavy atom. The highest BCUT2D eigenvalue weighted by molar-refractivity contribution is 7.56. The summed E-state index contributed by atoms with van der Waals surface area (Å²) >= 11 is 0. The van der Waals surface area contributed by atoms with E-state index in [1.807, 2.05) is 6.07 Å². The number of nitrogen functional groups attached to an aromatic ring is 1. The summed E-state index contributed by atoms with van der Waals surface area (Å²) in [5, 5.41) is 11.6. The predicted molar refractivity (Wildman–Crippen MR) is 126 cm³/mol. The predicted octanol–water partition coefficient (Wildman–Crippen LogP) is 1.50. The van der Waals surface area contributed by atoms with Crippen LogP contribution in [0.5, 0.6) is 0 Å². The van der Waals surface area contributed by atoms with Gasteiger partial charge in [0.25, 0.3) is 13.1 Å². The van der Waals surface area contributed by atoms with Crippen LogP contribution < -0.4 is 16.4 Å². The summed E-state index contributed by atoms with van der Waals surface area (Å²) < 4.78 is 31.3. The number of fused-ring (bicyclic) bond motifs is 1. The Labute approximate surface area is 200 Å². The Bertz CT molecular complexity index is 1310. The summed E-state index contributed by atoms with van der Waals surface area (Å²) in [4.78, 5) is 34.4. The number of nitriles is 1. The number of aromatic nitrogens is 4. The zero-order valence-electron chi connectivity index (χ0n) is 19.3. The molecule has 0 amide bonds. The summed E-state index contributed by atoms with van der Waals surface area (Å²) in [7, 11) is -3.66. The van der Waals surface area contributed by atoms with Crippen LogP contribution in [-0.4, -0.2) is 51.1 Å². The molecule has 0 aliphatic heterocycles. The van der Waals surface area contributed by atoms with E-state index in [4.69, 9.17) is 25.0 Å². The van der Waals surface area contributed by atoms with Crippen molar-refractivity contribution in [1.82, 2.24) is 24.6 Å². The van der Waals surface area contributed by atoms with E-state index >= 15 is 0 Å². The van der Waals surface area contributed by atoms with Gasteiger partial charge in [0.1, 0.15) is 12.4 Å². The van der Waals surface area contributed by atoms with Gasteiger partial charge in [-0.05, 0) is 31.5 Å². The molecule has 2 heterocycles. The first-order valence-corrected chi connectivity index (χ1v) is 12.5. The van der Waals surface area contributed by atoms with Crippen LogP contribution in [0.4, 0.5) is 5.95 Å². The molecule has 0 fully saturated rings. The first kappa shape index (κ1) is 26.1. The third-order valence-electron chi connectivity index (χ3n) is 4.78. The number of hydrogen-bond acceptors (Lipinski definition) is 10. The van der Waals surface area contributed by atoms with Crippen molar-refractivity contribution >= 4 is 30.6 Å².